The van der Waals surface area contributed by atoms with Gasteiger partial charge in [-0.3, -0.25) is 0 Å². The highest BCUT2D eigenvalue weighted by molar-refractivity contribution is 5.14. The second kappa shape index (κ2) is 2.87. The monoisotopic (exact) mass is 178 g/mol. The lowest BCUT2D eigenvalue weighted by atomic mass is 9.53. The van der Waals surface area contributed by atoms with Crippen molar-refractivity contribution in [2.75, 3.05) is 0 Å². The van der Waals surface area contributed by atoms with Crippen LogP contribution in [0, 0.1) is 23.2 Å². The van der Waals surface area contributed by atoms with Crippen LogP contribution in [0.1, 0.15) is 46.5 Å². The van der Waals surface area contributed by atoms with Crippen LogP contribution >= 0.6 is 0 Å². The van der Waals surface area contributed by atoms with Crippen LogP contribution in [0.25, 0.3) is 0 Å². The normalized spacial score (nSPS) is 43.3. The van der Waals surface area contributed by atoms with E-state index in [9.17, 15) is 0 Å². The lowest BCUT2D eigenvalue weighted by molar-refractivity contribution is 0.00732. The Hall–Kier alpha value is -0.260. The van der Waals surface area contributed by atoms with Crippen molar-refractivity contribution in [1.82, 2.24) is 0 Å². The fraction of sp³-hybridized carbons (Fsp3) is 0.846. The third-order valence-electron chi connectivity index (χ3n) is 4.34. The van der Waals surface area contributed by atoms with Crippen LogP contribution in [0.2, 0.25) is 0 Å². The quantitative estimate of drug-likeness (QED) is 0.491. The molecule has 0 aromatic rings. The number of hydrogen-bond acceptors (Lipinski definition) is 0. The smallest absolute Gasteiger partial charge is 0.0167 e. The summed E-state index contributed by atoms with van der Waals surface area (Å²) < 4.78 is 0. The lowest BCUT2D eigenvalue weighted by Crippen LogP contribution is -2.43. The molecule has 3 atom stereocenters. The second-order valence-corrected chi connectivity index (χ2v) is 5.95. The van der Waals surface area contributed by atoms with Crippen molar-refractivity contribution in [1.29, 1.82) is 0 Å². The average Bonchev–Trinajstić information content (AvgIpc) is 2.10. The van der Waals surface area contributed by atoms with E-state index in [2.05, 4.69) is 27.4 Å². The van der Waals surface area contributed by atoms with Crippen molar-refractivity contribution in [3.8, 4) is 0 Å². The van der Waals surface area contributed by atoms with E-state index >= 15 is 0 Å². The first-order valence-corrected chi connectivity index (χ1v) is 5.68. The molecule has 0 bridgehead atoms. The van der Waals surface area contributed by atoms with Gasteiger partial charge in [-0.2, -0.15) is 0 Å². The SMILES string of the molecule is C=C1CC(C)CCC2C1CC2(C)C. The highest BCUT2D eigenvalue weighted by Gasteiger charge is 2.48. The van der Waals surface area contributed by atoms with Crippen molar-refractivity contribution < 1.29 is 0 Å². The van der Waals surface area contributed by atoms with Crippen LogP contribution in [-0.4, -0.2) is 0 Å². The molecule has 2 fully saturated rings. The van der Waals surface area contributed by atoms with E-state index in [1.807, 2.05) is 0 Å². The molecule has 0 heterocycles. The maximum atomic E-state index is 4.27. The molecule has 0 aromatic heterocycles. The largest absolute Gasteiger partial charge is 0.0996 e. The Labute approximate surface area is 82.4 Å². The van der Waals surface area contributed by atoms with E-state index in [0.717, 1.165) is 17.8 Å². The highest BCUT2D eigenvalue weighted by atomic mass is 14.5. The minimum Gasteiger partial charge on any atom is -0.0996 e. The van der Waals surface area contributed by atoms with E-state index < -0.39 is 0 Å². The maximum Gasteiger partial charge on any atom is -0.0167 e. The van der Waals surface area contributed by atoms with Crippen molar-refractivity contribution in [3.05, 3.63) is 12.2 Å². The second-order valence-electron chi connectivity index (χ2n) is 5.95. The first-order valence-electron chi connectivity index (χ1n) is 5.68. The first-order chi connectivity index (χ1) is 6.00. The fourth-order valence-corrected chi connectivity index (χ4v) is 3.43. The van der Waals surface area contributed by atoms with Gasteiger partial charge in [-0.05, 0) is 42.4 Å². The van der Waals surface area contributed by atoms with Gasteiger partial charge in [0.15, 0.2) is 0 Å². The zero-order chi connectivity index (χ0) is 9.64. The van der Waals surface area contributed by atoms with E-state index in [1.165, 1.54) is 25.7 Å². The number of rotatable bonds is 0. The Morgan fingerprint density at radius 3 is 2.62 bits per heavy atom. The zero-order valence-corrected chi connectivity index (χ0v) is 9.27. The zero-order valence-electron chi connectivity index (χ0n) is 9.27. The minimum absolute atomic E-state index is 0.609. The summed E-state index contributed by atoms with van der Waals surface area (Å²) in [5, 5.41) is 0. The van der Waals surface area contributed by atoms with E-state index in [0.29, 0.717) is 5.41 Å². The minimum atomic E-state index is 0.609. The molecule has 2 aliphatic rings. The molecule has 3 unspecified atom stereocenters. The molecule has 2 rings (SSSR count). The van der Waals surface area contributed by atoms with Gasteiger partial charge in [-0.1, -0.05) is 39.3 Å². The van der Waals surface area contributed by atoms with E-state index in [1.54, 1.807) is 5.57 Å². The Kier molecular flexibility index (Phi) is 2.05. The van der Waals surface area contributed by atoms with Crippen molar-refractivity contribution in [2.24, 2.45) is 23.2 Å². The number of allylic oxidation sites excluding steroid dienone is 1. The number of fused-ring (bicyclic) bond motifs is 1. The average molecular weight is 178 g/mol. The molecule has 0 N–H and O–H groups in total. The van der Waals surface area contributed by atoms with Gasteiger partial charge in [0.05, 0.1) is 0 Å². The van der Waals surface area contributed by atoms with Gasteiger partial charge in [0.1, 0.15) is 0 Å². The van der Waals surface area contributed by atoms with Gasteiger partial charge in [-0.15, -0.1) is 0 Å². The van der Waals surface area contributed by atoms with E-state index in [4.69, 9.17) is 0 Å². The lowest BCUT2D eigenvalue weighted by Gasteiger charge is -2.52. The Bertz CT molecular complexity index is 224. The summed E-state index contributed by atoms with van der Waals surface area (Å²) in [4.78, 5) is 0. The van der Waals surface area contributed by atoms with Gasteiger partial charge in [0.25, 0.3) is 0 Å². The molecule has 0 radical (unpaired) electrons. The highest BCUT2D eigenvalue weighted by Crippen LogP contribution is 2.57. The molecule has 2 saturated carbocycles. The number of hydrogen-bond donors (Lipinski definition) is 0. The summed E-state index contributed by atoms with van der Waals surface area (Å²) in [6.45, 7) is 11.5. The van der Waals surface area contributed by atoms with Gasteiger partial charge in [-0.25, -0.2) is 0 Å². The molecular weight excluding hydrogens is 156 g/mol. The molecule has 0 amide bonds. The summed E-state index contributed by atoms with van der Waals surface area (Å²) >= 11 is 0. The van der Waals surface area contributed by atoms with Crippen molar-refractivity contribution in [3.63, 3.8) is 0 Å². The van der Waals surface area contributed by atoms with Crippen molar-refractivity contribution >= 4 is 0 Å². The van der Waals surface area contributed by atoms with Crippen LogP contribution in [0.15, 0.2) is 12.2 Å². The standard InChI is InChI=1S/C13H22/c1-9-5-6-12-11(10(2)7-9)8-13(12,3)4/h9,11-12H,2,5-8H2,1,3-4H3. The fourth-order valence-electron chi connectivity index (χ4n) is 3.43. The Morgan fingerprint density at radius 1 is 1.31 bits per heavy atom. The predicted molar refractivity (Wildman–Crippen MR) is 57.5 cm³/mol. The van der Waals surface area contributed by atoms with E-state index in [-0.39, 0.29) is 0 Å². The van der Waals surface area contributed by atoms with Gasteiger partial charge in [0, 0.05) is 0 Å². The van der Waals surface area contributed by atoms with Gasteiger partial charge >= 0.3 is 0 Å². The molecule has 0 heteroatoms. The Morgan fingerprint density at radius 2 is 2.00 bits per heavy atom. The molecule has 0 aromatic carbocycles. The third-order valence-corrected chi connectivity index (χ3v) is 4.34. The summed E-state index contributed by atoms with van der Waals surface area (Å²) in [5.41, 5.74) is 2.16. The van der Waals surface area contributed by atoms with Crippen LogP contribution in [0.3, 0.4) is 0 Å². The maximum absolute atomic E-state index is 4.27. The molecule has 0 nitrogen and oxygen atoms in total. The summed E-state index contributed by atoms with van der Waals surface area (Å²) in [6, 6.07) is 0. The summed E-state index contributed by atoms with van der Waals surface area (Å²) in [7, 11) is 0. The van der Waals surface area contributed by atoms with Crippen LogP contribution in [0.5, 0.6) is 0 Å². The van der Waals surface area contributed by atoms with Crippen molar-refractivity contribution in [2.45, 2.75) is 46.5 Å². The van der Waals surface area contributed by atoms with Crippen LogP contribution < -0.4 is 0 Å². The molecule has 13 heavy (non-hydrogen) atoms. The molecular formula is C13H22. The van der Waals surface area contributed by atoms with Crippen LogP contribution in [-0.2, 0) is 0 Å². The van der Waals surface area contributed by atoms with Crippen LogP contribution in [0.4, 0.5) is 0 Å². The molecule has 0 saturated heterocycles. The predicted octanol–water partition coefficient (Wildman–Crippen LogP) is 4.02. The molecule has 74 valence electrons. The third kappa shape index (κ3) is 1.45. The molecule has 0 aliphatic heterocycles. The molecule has 0 spiro atoms. The Balaban J connectivity index is 2.12. The first kappa shape index (κ1) is 9.30. The summed E-state index contributed by atoms with van der Waals surface area (Å²) in [6.07, 6.45) is 5.54. The molecule has 2 aliphatic carbocycles. The topological polar surface area (TPSA) is 0 Å². The summed E-state index contributed by atoms with van der Waals surface area (Å²) in [5.74, 6) is 2.71. The van der Waals surface area contributed by atoms with Gasteiger partial charge < -0.3 is 0 Å². The van der Waals surface area contributed by atoms with Gasteiger partial charge in [0.2, 0.25) is 0 Å².